The molecule has 0 aliphatic carbocycles. The van der Waals surface area contributed by atoms with Crippen molar-refractivity contribution in [3.63, 3.8) is 0 Å². The number of benzene rings is 1. The van der Waals surface area contributed by atoms with Gasteiger partial charge in [-0.05, 0) is 17.7 Å². The number of rotatable bonds is 7. The summed E-state index contributed by atoms with van der Waals surface area (Å²) in [5.41, 5.74) is 2.26. The van der Waals surface area contributed by atoms with Gasteiger partial charge in [-0.15, -0.1) is 11.3 Å². The maximum absolute atomic E-state index is 12.1. The molecule has 0 aliphatic rings. The third-order valence-electron chi connectivity index (χ3n) is 2.59. The number of thiazole rings is 1. The van der Waals surface area contributed by atoms with Crippen LogP contribution in [0.25, 0.3) is 0 Å². The zero-order chi connectivity index (χ0) is 14.4. The highest BCUT2D eigenvalue weighted by Gasteiger charge is 2.10. The van der Waals surface area contributed by atoms with Crippen molar-refractivity contribution in [2.75, 3.05) is 6.54 Å². The van der Waals surface area contributed by atoms with Gasteiger partial charge in [0.25, 0.3) is 0 Å². The highest BCUT2D eigenvalue weighted by molar-refractivity contribution is 7.09. The minimum atomic E-state index is -2.87. The second kappa shape index (κ2) is 7.28. The average Bonchev–Trinajstić information content (AvgIpc) is 2.91. The van der Waals surface area contributed by atoms with E-state index in [-0.39, 0.29) is 5.75 Å². The zero-order valence-corrected chi connectivity index (χ0v) is 11.3. The Morgan fingerprint density at radius 1 is 1.40 bits per heavy atom. The number of nitrogens with one attached hydrogen (secondary N) is 1. The van der Waals surface area contributed by atoms with E-state index in [4.69, 9.17) is 0 Å². The molecule has 0 radical (unpaired) electrons. The molecule has 0 amide bonds. The number of aliphatic hydroxyl groups excluding tert-OH is 1. The summed E-state index contributed by atoms with van der Waals surface area (Å²) in [5.74, 6) is 0.0407. The Hall–Kier alpha value is -1.57. The molecular weight excluding hydrogens is 286 g/mol. The van der Waals surface area contributed by atoms with Gasteiger partial charge in [0, 0.05) is 24.2 Å². The van der Waals surface area contributed by atoms with Gasteiger partial charge >= 0.3 is 6.61 Å². The summed E-state index contributed by atoms with van der Waals surface area (Å²) in [5, 5.41) is 13.1. The molecule has 0 spiro atoms. The van der Waals surface area contributed by atoms with Crippen molar-refractivity contribution in [1.82, 2.24) is 10.3 Å². The Labute approximate surface area is 119 Å². The fourth-order valence-electron chi connectivity index (χ4n) is 1.68. The molecule has 0 bridgehead atoms. The Morgan fingerprint density at radius 2 is 2.25 bits per heavy atom. The lowest BCUT2D eigenvalue weighted by Crippen LogP contribution is -2.20. The highest BCUT2D eigenvalue weighted by atomic mass is 32.1. The van der Waals surface area contributed by atoms with E-state index >= 15 is 0 Å². The first-order valence-electron chi connectivity index (χ1n) is 5.96. The van der Waals surface area contributed by atoms with Gasteiger partial charge in [0.1, 0.15) is 5.75 Å². The van der Waals surface area contributed by atoms with Crippen LogP contribution in [-0.2, 0) is 6.54 Å². The molecule has 1 aromatic heterocycles. The first-order valence-corrected chi connectivity index (χ1v) is 6.84. The predicted octanol–water partition coefficient (Wildman–Crippen LogP) is 2.57. The van der Waals surface area contributed by atoms with Crippen molar-refractivity contribution >= 4 is 11.3 Å². The molecule has 108 valence electrons. The van der Waals surface area contributed by atoms with Crippen molar-refractivity contribution in [2.24, 2.45) is 0 Å². The Bertz CT molecular complexity index is 523. The van der Waals surface area contributed by atoms with E-state index < -0.39 is 12.7 Å². The SMILES string of the molecule is OC(CNCc1cncs1)c1cccc(OC(F)F)c1. The number of halogens is 2. The molecule has 1 unspecified atom stereocenters. The van der Waals surface area contributed by atoms with Gasteiger partial charge in [-0.3, -0.25) is 4.98 Å². The smallest absolute Gasteiger partial charge is 0.387 e. The number of hydrogen-bond acceptors (Lipinski definition) is 5. The summed E-state index contributed by atoms with van der Waals surface area (Å²) in [7, 11) is 0. The molecule has 2 aromatic rings. The molecule has 0 saturated heterocycles. The summed E-state index contributed by atoms with van der Waals surface area (Å²) in [4.78, 5) is 5.01. The maximum Gasteiger partial charge on any atom is 0.387 e. The molecule has 0 aliphatic heterocycles. The van der Waals surface area contributed by atoms with E-state index in [1.165, 1.54) is 23.5 Å². The number of ether oxygens (including phenoxy) is 1. The van der Waals surface area contributed by atoms with Crippen LogP contribution in [0.15, 0.2) is 36.0 Å². The zero-order valence-electron chi connectivity index (χ0n) is 10.5. The molecule has 0 fully saturated rings. The monoisotopic (exact) mass is 300 g/mol. The molecule has 4 nitrogen and oxygen atoms in total. The maximum atomic E-state index is 12.1. The Balaban J connectivity index is 1.86. The van der Waals surface area contributed by atoms with Gasteiger partial charge in [-0.1, -0.05) is 12.1 Å². The van der Waals surface area contributed by atoms with Gasteiger partial charge in [0.2, 0.25) is 0 Å². The first kappa shape index (κ1) is 14.8. The second-order valence-corrected chi connectivity index (χ2v) is 5.04. The van der Waals surface area contributed by atoms with Crippen LogP contribution in [0.3, 0.4) is 0 Å². The van der Waals surface area contributed by atoms with Crippen molar-refractivity contribution in [2.45, 2.75) is 19.3 Å². The highest BCUT2D eigenvalue weighted by Crippen LogP contribution is 2.20. The molecule has 2 N–H and O–H groups in total. The van der Waals surface area contributed by atoms with Crippen LogP contribution >= 0.6 is 11.3 Å². The van der Waals surface area contributed by atoms with Crippen LogP contribution in [0.5, 0.6) is 5.75 Å². The van der Waals surface area contributed by atoms with Crippen LogP contribution < -0.4 is 10.1 Å². The molecule has 7 heteroatoms. The van der Waals surface area contributed by atoms with Gasteiger partial charge in [-0.2, -0.15) is 8.78 Å². The first-order chi connectivity index (χ1) is 9.65. The molecule has 1 heterocycles. The molecule has 0 saturated carbocycles. The Kier molecular flexibility index (Phi) is 5.40. The van der Waals surface area contributed by atoms with Crippen molar-refractivity contribution < 1.29 is 18.6 Å². The minimum Gasteiger partial charge on any atom is -0.435 e. The van der Waals surface area contributed by atoms with Crippen LogP contribution in [0.4, 0.5) is 8.78 Å². The van der Waals surface area contributed by atoms with E-state index in [1.54, 1.807) is 23.8 Å². The van der Waals surface area contributed by atoms with Crippen molar-refractivity contribution in [3.8, 4) is 5.75 Å². The van der Waals surface area contributed by atoms with E-state index in [0.29, 0.717) is 18.7 Å². The molecule has 1 atom stereocenters. The van der Waals surface area contributed by atoms with Crippen LogP contribution in [0, 0.1) is 0 Å². The summed E-state index contributed by atoms with van der Waals surface area (Å²) in [6, 6.07) is 6.06. The molecule has 20 heavy (non-hydrogen) atoms. The molecule has 1 aromatic carbocycles. The van der Waals surface area contributed by atoms with E-state index in [1.807, 2.05) is 0 Å². The number of aromatic nitrogens is 1. The largest absolute Gasteiger partial charge is 0.435 e. The predicted molar refractivity (Wildman–Crippen MR) is 71.9 cm³/mol. The normalized spacial score (nSPS) is 12.6. The summed E-state index contributed by atoms with van der Waals surface area (Å²) >= 11 is 1.52. The fraction of sp³-hybridized carbons (Fsp3) is 0.308. The quantitative estimate of drug-likeness (QED) is 0.825. The second-order valence-electron chi connectivity index (χ2n) is 4.07. The number of nitrogens with zero attached hydrogens (tertiary/aromatic N) is 1. The number of hydrogen-bond donors (Lipinski definition) is 2. The van der Waals surface area contributed by atoms with Gasteiger partial charge < -0.3 is 15.2 Å². The Morgan fingerprint density at radius 3 is 2.95 bits per heavy atom. The topological polar surface area (TPSA) is 54.4 Å². The lowest BCUT2D eigenvalue weighted by molar-refractivity contribution is -0.0499. The van der Waals surface area contributed by atoms with E-state index in [9.17, 15) is 13.9 Å². The lowest BCUT2D eigenvalue weighted by atomic mass is 10.1. The standard InChI is InChI=1S/C13H14F2N2O2S/c14-13(15)19-10-3-1-2-9(4-10)12(18)7-16-5-11-6-17-8-20-11/h1-4,6,8,12-13,16,18H,5,7H2. The van der Waals surface area contributed by atoms with Gasteiger partial charge in [0.15, 0.2) is 0 Å². The van der Waals surface area contributed by atoms with Crippen LogP contribution in [-0.4, -0.2) is 23.2 Å². The van der Waals surface area contributed by atoms with Crippen LogP contribution in [0.1, 0.15) is 16.5 Å². The molecule has 2 rings (SSSR count). The summed E-state index contributed by atoms with van der Waals surface area (Å²) in [6.45, 7) is -1.95. The van der Waals surface area contributed by atoms with E-state index in [0.717, 1.165) is 4.88 Å². The van der Waals surface area contributed by atoms with Gasteiger partial charge in [-0.25, -0.2) is 0 Å². The van der Waals surface area contributed by atoms with Crippen LogP contribution in [0.2, 0.25) is 0 Å². The minimum absolute atomic E-state index is 0.0407. The van der Waals surface area contributed by atoms with Crippen molar-refractivity contribution in [1.29, 1.82) is 0 Å². The number of alkyl halides is 2. The lowest BCUT2D eigenvalue weighted by Gasteiger charge is -2.13. The third-order valence-corrected chi connectivity index (χ3v) is 3.37. The summed E-state index contributed by atoms with van der Waals surface area (Å²) in [6.07, 6.45) is 0.963. The third kappa shape index (κ3) is 4.52. The average molecular weight is 300 g/mol. The number of aliphatic hydroxyl groups is 1. The van der Waals surface area contributed by atoms with E-state index in [2.05, 4.69) is 15.0 Å². The molecular formula is C13H14F2N2O2S. The van der Waals surface area contributed by atoms with Crippen molar-refractivity contribution in [3.05, 3.63) is 46.4 Å². The fourth-order valence-corrected chi connectivity index (χ4v) is 2.24. The van der Waals surface area contributed by atoms with Gasteiger partial charge in [0.05, 0.1) is 11.6 Å². The summed E-state index contributed by atoms with van der Waals surface area (Å²) < 4.78 is 28.5.